The maximum atomic E-state index is 12.7. The van der Waals surface area contributed by atoms with Crippen molar-refractivity contribution < 1.29 is 4.79 Å². The van der Waals surface area contributed by atoms with E-state index in [0.29, 0.717) is 5.56 Å². The first-order valence-electron chi connectivity index (χ1n) is 9.12. The van der Waals surface area contributed by atoms with E-state index in [2.05, 4.69) is 15.4 Å². The lowest BCUT2D eigenvalue weighted by Gasteiger charge is -2.21. The van der Waals surface area contributed by atoms with Crippen molar-refractivity contribution >= 4 is 16.9 Å². The molecule has 2 aliphatic carbocycles. The molecule has 0 aliphatic heterocycles. The Bertz CT molecular complexity index is 794. The Labute approximate surface area is 142 Å². The molecule has 0 saturated heterocycles. The van der Waals surface area contributed by atoms with Crippen molar-refractivity contribution in [2.45, 2.75) is 46.0 Å². The van der Waals surface area contributed by atoms with Gasteiger partial charge in [0.2, 0.25) is 0 Å². The summed E-state index contributed by atoms with van der Waals surface area (Å²) in [5.41, 5.74) is 3.20. The van der Waals surface area contributed by atoms with Gasteiger partial charge < -0.3 is 5.32 Å². The second-order valence-corrected chi connectivity index (χ2v) is 7.70. The zero-order valence-corrected chi connectivity index (χ0v) is 14.8. The van der Waals surface area contributed by atoms with Crippen LogP contribution in [0, 0.1) is 31.6 Å². The van der Waals surface area contributed by atoms with Crippen LogP contribution < -0.4 is 5.32 Å². The third kappa shape index (κ3) is 2.60. The molecule has 0 spiro atoms. The topological polar surface area (TPSA) is 59.8 Å². The number of carbonyl (C=O) groups is 1. The fourth-order valence-corrected chi connectivity index (χ4v) is 4.95. The van der Waals surface area contributed by atoms with Crippen LogP contribution in [0.4, 0.5) is 0 Å². The van der Waals surface area contributed by atoms with Crippen molar-refractivity contribution in [3.8, 4) is 0 Å². The van der Waals surface area contributed by atoms with E-state index < -0.39 is 0 Å². The minimum atomic E-state index is 0.00440. The molecule has 0 radical (unpaired) electrons. The molecule has 1 N–H and O–H groups in total. The van der Waals surface area contributed by atoms with Crippen LogP contribution in [0.25, 0.3) is 11.0 Å². The third-order valence-electron chi connectivity index (χ3n) is 6.03. The van der Waals surface area contributed by atoms with E-state index in [1.165, 1.54) is 25.7 Å². The number of nitrogens with one attached hydrogen (secondary N) is 1. The molecule has 2 fully saturated rings. The number of hydrogen-bond donors (Lipinski definition) is 1. The molecule has 3 unspecified atom stereocenters. The predicted molar refractivity (Wildman–Crippen MR) is 93.9 cm³/mol. The smallest absolute Gasteiger partial charge is 0.252 e. The van der Waals surface area contributed by atoms with Gasteiger partial charge in [-0.05, 0) is 63.4 Å². The van der Waals surface area contributed by atoms with Gasteiger partial charge in [-0.15, -0.1) is 0 Å². The third-order valence-corrected chi connectivity index (χ3v) is 6.03. The van der Waals surface area contributed by atoms with Crippen molar-refractivity contribution in [2.75, 3.05) is 6.54 Å². The van der Waals surface area contributed by atoms with Crippen LogP contribution in [-0.2, 0) is 7.05 Å². The van der Waals surface area contributed by atoms with Crippen LogP contribution in [0.3, 0.4) is 0 Å². The normalized spacial score (nSPS) is 25.5. The first kappa shape index (κ1) is 15.6. The standard InChI is InChI=1S/C19H26N4O/c1-11-8-16(17-12(2)22-23(3)18(17)21-11)19(24)20-7-6-15-10-13-4-5-14(15)9-13/h8,13-15H,4-7,9-10H2,1-3H3,(H,20,24). The molecule has 2 aromatic rings. The van der Waals surface area contributed by atoms with E-state index in [9.17, 15) is 4.79 Å². The Kier molecular flexibility index (Phi) is 3.82. The van der Waals surface area contributed by atoms with E-state index in [4.69, 9.17) is 0 Å². The highest BCUT2D eigenvalue weighted by Gasteiger charge is 2.38. The summed E-state index contributed by atoms with van der Waals surface area (Å²) in [6.45, 7) is 4.63. The number of pyridine rings is 1. The molecule has 1 amide bonds. The van der Waals surface area contributed by atoms with Gasteiger partial charge in [-0.25, -0.2) is 4.98 Å². The Morgan fingerprint density at radius 2 is 2.17 bits per heavy atom. The van der Waals surface area contributed by atoms with Crippen LogP contribution in [0.5, 0.6) is 0 Å². The highest BCUT2D eigenvalue weighted by molar-refractivity contribution is 6.06. The zero-order chi connectivity index (χ0) is 16.8. The number of rotatable bonds is 4. The second kappa shape index (κ2) is 5.87. The molecule has 4 rings (SSSR count). The molecule has 2 aliphatic rings. The molecule has 24 heavy (non-hydrogen) atoms. The van der Waals surface area contributed by atoms with E-state index in [1.807, 2.05) is 27.0 Å². The van der Waals surface area contributed by atoms with Gasteiger partial charge in [0.05, 0.1) is 16.6 Å². The van der Waals surface area contributed by atoms with E-state index in [1.54, 1.807) is 4.68 Å². The van der Waals surface area contributed by atoms with Gasteiger partial charge in [-0.3, -0.25) is 9.48 Å². The Morgan fingerprint density at radius 1 is 1.33 bits per heavy atom. The first-order chi connectivity index (χ1) is 11.5. The fourth-order valence-electron chi connectivity index (χ4n) is 4.95. The largest absolute Gasteiger partial charge is 0.352 e. The lowest BCUT2D eigenvalue weighted by atomic mass is 9.86. The van der Waals surface area contributed by atoms with Crippen molar-refractivity contribution in [2.24, 2.45) is 24.8 Å². The summed E-state index contributed by atoms with van der Waals surface area (Å²) >= 11 is 0. The van der Waals surface area contributed by atoms with E-state index in [-0.39, 0.29) is 5.91 Å². The van der Waals surface area contributed by atoms with Crippen LogP contribution >= 0.6 is 0 Å². The molecule has 0 aromatic carbocycles. The molecule has 5 heteroatoms. The molecular weight excluding hydrogens is 300 g/mol. The van der Waals surface area contributed by atoms with Crippen molar-refractivity contribution in [1.82, 2.24) is 20.1 Å². The number of amides is 1. The minimum absolute atomic E-state index is 0.00440. The molecule has 5 nitrogen and oxygen atoms in total. The van der Waals surface area contributed by atoms with Gasteiger partial charge in [-0.2, -0.15) is 5.10 Å². The summed E-state index contributed by atoms with van der Waals surface area (Å²) in [5.74, 6) is 2.71. The van der Waals surface area contributed by atoms with Gasteiger partial charge in [0.1, 0.15) is 0 Å². The number of hydrogen-bond acceptors (Lipinski definition) is 3. The lowest BCUT2D eigenvalue weighted by molar-refractivity contribution is 0.0951. The molecule has 128 valence electrons. The molecule has 2 aromatic heterocycles. The summed E-state index contributed by atoms with van der Waals surface area (Å²) in [6, 6.07) is 1.88. The summed E-state index contributed by atoms with van der Waals surface area (Å²) in [6.07, 6.45) is 6.76. The van der Waals surface area contributed by atoms with E-state index >= 15 is 0 Å². The Morgan fingerprint density at radius 3 is 2.88 bits per heavy atom. The van der Waals surface area contributed by atoms with Crippen molar-refractivity contribution in [3.63, 3.8) is 0 Å². The molecule has 3 atom stereocenters. The Hall–Kier alpha value is -1.91. The van der Waals surface area contributed by atoms with Crippen LogP contribution in [0.2, 0.25) is 0 Å². The van der Waals surface area contributed by atoms with Gasteiger partial charge >= 0.3 is 0 Å². The maximum Gasteiger partial charge on any atom is 0.252 e. The summed E-state index contributed by atoms with van der Waals surface area (Å²) in [7, 11) is 1.87. The van der Waals surface area contributed by atoms with Crippen molar-refractivity contribution in [3.05, 3.63) is 23.0 Å². The van der Waals surface area contributed by atoms with E-state index in [0.717, 1.165) is 53.1 Å². The van der Waals surface area contributed by atoms with Crippen LogP contribution in [0.15, 0.2) is 6.07 Å². The van der Waals surface area contributed by atoms with Gasteiger partial charge in [0, 0.05) is 19.3 Å². The number of carbonyl (C=O) groups excluding carboxylic acids is 1. The number of aromatic nitrogens is 3. The number of fused-ring (bicyclic) bond motifs is 3. The molecule has 2 heterocycles. The highest BCUT2D eigenvalue weighted by atomic mass is 16.1. The summed E-state index contributed by atoms with van der Waals surface area (Å²) in [4.78, 5) is 17.3. The predicted octanol–water partition coefficient (Wildman–Crippen LogP) is 3.14. The quantitative estimate of drug-likeness (QED) is 0.939. The first-order valence-corrected chi connectivity index (χ1v) is 9.12. The van der Waals surface area contributed by atoms with Gasteiger partial charge in [0.15, 0.2) is 5.65 Å². The SMILES string of the molecule is Cc1cc(C(=O)NCCC2CC3CCC2C3)c2c(C)nn(C)c2n1. The Balaban J connectivity index is 1.47. The number of nitrogens with zero attached hydrogens (tertiary/aromatic N) is 3. The average molecular weight is 326 g/mol. The monoisotopic (exact) mass is 326 g/mol. The second-order valence-electron chi connectivity index (χ2n) is 7.70. The maximum absolute atomic E-state index is 12.7. The number of aryl methyl sites for hydroxylation is 3. The molecular formula is C19H26N4O. The summed E-state index contributed by atoms with van der Waals surface area (Å²) < 4.78 is 1.75. The molecule has 2 saturated carbocycles. The lowest BCUT2D eigenvalue weighted by Crippen LogP contribution is -2.27. The zero-order valence-electron chi connectivity index (χ0n) is 14.8. The van der Waals surface area contributed by atoms with Crippen LogP contribution in [-0.4, -0.2) is 27.2 Å². The summed E-state index contributed by atoms with van der Waals surface area (Å²) in [5, 5.41) is 8.43. The average Bonchev–Trinajstić information content (AvgIpc) is 3.22. The van der Waals surface area contributed by atoms with Gasteiger partial charge in [0.25, 0.3) is 5.91 Å². The fraction of sp³-hybridized carbons (Fsp3) is 0.632. The molecule has 2 bridgehead atoms. The highest BCUT2D eigenvalue weighted by Crippen LogP contribution is 2.49. The van der Waals surface area contributed by atoms with Gasteiger partial charge in [-0.1, -0.05) is 6.42 Å². The minimum Gasteiger partial charge on any atom is -0.352 e. The van der Waals surface area contributed by atoms with Crippen molar-refractivity contribution in [1.29, 1.82) is 0 Å². The van der Waals surface area contributed by atoms with Crippen LogP contribution in [0.1, 0.15) is 53.8 Å².